The number of phenolic OH excluding ortho intramolecular Hbond substituents is 1. The van der Waals surface area contributed by atoms with E-state index in [2.05, 4.69) is 6.92 Å². The fourth-order valence-corrected chi connectivity index (χ4v) is 10.6. The number of aromatic hydroxyl groups is 1. The van der Waals surface area contributed by atoms with Crippen LogP contribution in [0.5, 0.6) is 11.5 Å². The zero-order chi connectivity index (χ0) is 33.9. The maximum absolute atomic E-state index is 14.7. The number of rotatable bonds is 5. The van der Waals surface area contributed by atoms with Gasteiger partial charge in [0.1, 0.15) is 30.2 Å². The van der Waals surface area contributed by atoms with Crippen LogP contribution < -0.4 is 4.74 Å². The van der Waals surface area contributed by atoms with Crippen molar-refractivity contribution in [1.29, 1.82) is 0 Å². The highest BCUT2D eigenvalue weighted by molar-refractivity contribution is 5.93. The molecule has 6 rings (SSSR count). The second kappa shape index (κ2) is 10.8. The standard InChI is InChI=1S/C35H52O11/c1-16-17-8-9-22-32(4)13-19(37)29(35(7,43)24-10-11-31(2,3)46-24)33(32,5)14-23(38)34(22,6)18(17)12-20(25(16)39)44-30-28(42)27(41)26(40)21(15-36)45-30/h12,19,21-22,24,26-30,36-37,39-43H,8-11,13-15H2,1-7H3/t19-,21-,22+,24?,26-,27+,28-,29+,30-,32+,33-,34+,35+/m1/s1. The molecule has 0 spiro atoms. The molecule has 1 aromatic carbocycles. The average Bonchev–Trinajstić information content (AvgIpc) is 3.45. The van der Waals surface area contributed by atoms with Gasteiger partial charge in [-0.3, -0.25) is 4.79 Å². The van der Waals surface area contributed by atoms with Gasteiger partial charge in [-0.1, -0.05) is 13.8 Å². The number of fused-ring (bicyclic) bond motifs is 5. The highest BCUT2D eigenvalue weighted by Crippen LogP contribution is 2.72. The van der Waals surface area contributed by atoms with Crippen LogP contribution in [0.3, 0.4) is 0 Å². The number of ketones is 1. The molecular formula is C35H52O11. The lowest BCUT2D eigenvalue weighted by molar-refractivity contribution is -0.277. The molecule has 4 fully saturated rings. The van der Waals surface area contributed by atoms with Gasteiger partial charge in [0, 0.05) is 12.3 Å². The molecule has 0 amide bonds. The molecular weight excluding hydrogens is 596 g/mol. The quantitative estimate of drug-likeness (QED) is 0.247. The Hall–Kier alpha value is -1.83. The number of aliphatic hydroxyl groups is 6. The zero-order valence-corrected chi connectivity index (χ0v) is 28.0. The summed E-state index contributed by atoms with van der Waals surface area (Å²) < 4.78 is 17.8. The normalized spacial score (nSPS) is 46.3. The Labute approximate surface area is 270 Å². The van der Waals surface area contributed by atoms with Crippen molar-refractivity contribution >= 4 is 5.78 Å². The van der Waals surface area contributed by atoms with E-state index < -0.39 is 77.3 Å². The van der Waals surface area contributed by atoms with Crippen molar-refractivity contribution in [3.8, 4) is 11.5 Å². The van der Waals surface area contributed by atoms with E-state index in [1.54, 1.807) is 19.9 Å². The summed E-state index contributed by atoms with van der Waals surface area (Å²) in [5.74, 6) is -1.07. The second-order valence-electron chi connectivity index (χ2n) is 16.3. The molecule has 11 heteroatoms. The van der Waals surface area contributed by atoms with Crippen molar-refractivity contribution in [3.05, 3.63) is 22.8 Å². The molecule has 46 heavy (non-hydrogen) atoms. The van der Waals surface area contributed by atoms with E-state index >= 15 is 0 Å². The van der Waals surface area contributed by atoms with E-state index in [0.29, 0.717) is 36.8 Å². The summed E-state index contributed by atoms with van der Waals surface area (Å²) in [6.07, 6.45) is -5.69. The highest BCUT2D eigenvalue weighted by atomic mass is 16.7. The van der Waals surface area contributed by atoms with Gasteiger partial charge in [-0.05, 0) is 106 Å². The molecule has 2 heterocycles. The number of aliphatic hydroxyl groups excluding tert-OH is 5. The number of hydrogen-bond acceptors (Lipinski definition) is 11. The third-order valence-electron chi connectivity index (χ3n) is 13.3. The molecule has 7 N–H and O–H groups in total. The molecule has 2 saturated carbocycles. The average molecular weight is 649 g/mol. The van der Waals surface area contributed by atoms with E-state index in [4.69, 9.17) is 14.2 Å². The summed E-state index contributed by atoms with van der Waals surface area (Å²) in [5, 5.41) is 75.9. The first-order valence-corrected chi connectivity index (χ1v) is 16.7. The molecule has 0 bridgehead atoms. The number of phenols is 1. The molecule has 11 nitrogen and oxygen atoms in total. The number of ether oxygens (including phenoxy) is 3. The van der Waals surface area contributed by atoms with Gasteiger partial charge >= 0.3 is 0 Å². The molecule has 0 aromatic heterocycles. The maximum atomic E-state index is 14.7. The summed E-state index contributed by atoms with van der Waals surface area (Å²) >= 11 is 0. The van der Waals surface area contributed by atoms with Gasteiger partial charge in [-0.25, -0.2) is 0 Å². The summed E-state index contributed by atoms with van der Waals surface area (Å²) in [5.41, 5.74) is -1.98. The zero-order valence-electron chi connectivity index (χ0n) is 28.0. The molecule has 2 aliphatic heterocycles. The van der Waals surface area contributed by atoms with E-state index in [-0.39, 0.29) is 35.2 Å². The van der Waals surface area contributed by atoms with Crippen LogP contribution in [0.4, 0.5) is 0 Å². The van der Waals surface area contributed by atoms with Crippen molar-refractivity contribution in [2.45, 2.75) is 147 Å². The van der Waals surface area contributed by atoms with Gasteiger partial charge in [-0.2, -0.15) is 0 Å². The SMILES string of the molecule is Cc1c(O)c(O[C@@H]2O[C@H](CO)[C@@H](O)[C@H](O)[C@H]2O)cc2c1CC[C@@H]1[C@@]2(C)C(=O)C[C@]2(C)[C@@H]([C@@](C)(O)C3CCC(C)(C)O3)[C@H](O)C[C@@]12C. The Morgan fingerprint density at radius 3 is 2.30 bits per heavy atom. The summed E-state index contributed by atoms with van der Waals surface area (Å²) in [6.45, 7) is 13.0. The number of carbonyl (C=O) groups is 1. The van der Waals surface area contributed by atoms with Crippen LogP contribution >= 0.6 is 0 Å². The lowest BCUT2D eigenvalue weighted by Gasteiger charge is -2.62. The van der Waals surface area contributed by atoms with Gasteiger partial charge < -0.3 is 50.0 Å². The number of hydrogen-bond donors (Lipinski definition) is 7. The van der Waals surface area contributed by atoms with Crippen LogP contribution in [0.25, 0.3) is 0 Å². The van der Waals surface area contributed by atoms with E-state index in [1.165, 1.54) is 0 Å². The van der Waals surface area contributed by atoms with E-state index in [0.717, 1.165) is 12.0 Å². The first-order chi connectivity index (χ1) is 21.2. The third-order valence-corrected chi connectivity index (χ3v) is 13.3. The summed E-state index contributed by atoms with van der Waals surface area (Å²) in [6, 6.07) is 1.61. The fraction of sp³-hybridized carbons (Fsp3) is 0.800. The van der Waals surface area contributed by atoms with Crippen LogP contribution in [-0.4, -0.2) is 102 Å². The maximum Gasteiger partial charge on any atom is 0.229 e. The molecule has 1 unspecified atom stereocenters. The van der Waals surface area contributed by atoms with Crippen molar-refractivity contribution in [2.75, 3.05) is 6.61 Å². The van der Waals surface area contributed by atoms with E-state index in [1.807, 2.05) is 27.7 Å². The largest absolute Gasteiger partial charge is 0.504 e. The van der Waals surface area contributed by atoms with Gasteiger partial charge in [0.25, 0.3) is 0 Å². The molecule has 13 atom stereocenters. The molecule has 258 valence electrons. The van der Waals surface area contributed by atoms with Crippen LogP contribution in [-0.2, 0) is 26.1 Å². The number of benzene rings is 1. The Bertz CT molecular complexity index is 1390. The van der Waals surface area contributed by atoms with Crippen molar-refractivity contribution < 1.29 is 54.8 Å². The molecule has 3 aliphatic carbocycles. The van der Waals surface area contributed by atoms with Gasteiger partial charge in [0.2, 0.25) is 6.29 Å². The van der Waals surface area contributed by atoms with Crippen LogP contribution in [0, 0.1) is 29.6 Å². The van der Waals surface area contributed by atoms with Crippen molar-refractivity contribution in [3.63, 3.8) is 0 Å². The minimum atomic E-state index is -1.67. The second-order valence-corrected chi connectivity index (χ2v) is 16.3. The van der Waals surface area contributed by atoms with Gasteiger partial charge in [0.15, 0.2) is 11.5 Å². The van der Waals surface area contributed by atoms with Crippen LogP contribution in [0.15, 0.2) is 6.07 Å². The highest BCUT2D eigenvalue weighted by Gasteiger charge is 2.73. The molecule has 1 aromatic rings. The topological polar surface area (TPSA) is 186 Å². The van der Waals surface area contributed by atoms with Crippen LogP contribution in [0.1, 0.15) is 90.3 Å². The van der Waals surface area contributed by atoms with Crippen LogP contribution in [0.2, 0.25) is 0 Å². The minimum Gasteiger partial charge on any atom is -0.504 e. The van der Waals surface area contributed by atoms with Gasteiger partial charge in [-0.15, -0.1) is 0 Å². The van der Waals surface area contributed by atoms with E-state index in [9.17, 15) is 40.5 Å². The minimum absolute atomic E-state index is 0.0233. The summed E-state index contributed by atoms with van der Waals surface area (Å²) in [7, 11) is 0. The number of carbonyl (C=O) groups excluding carboxylic acids is 1. The molecule has 2 saturated heterocycles. The lowest BCUT2D eigenvalue weighted by atomic mass is 9.41. The third kappa shape index (κ3) is 4.56. The number of Topliss-reactive ketones (excluding diaryl/α,β-unsaturated/α-hetero) is 1. The Morgan fingerprint density at radius 2 is 1.70 bits per heavy atom. The monoisotopic (exact) mass is 648 g/mol. The Kier molecular flexibility index (Phi) is 8.02. The molecule has 0 radical (unpaired) electrons. The predicted octanol–water partition coefficient (Wildman–Crippen LogP) is 1.77. The predicted molar refractivity (Wildman–Crippen MR) is 165 cm³/mol. The van der Waals surface area contributed by atoms with Gasteiger partial charge in [0.05, 0.1) is 35.4 Å². The molecule has 5 aliphatic rings. The fourth-order valence-electron chi connectivity index (χ4n) is 10.6. The summed E-state index contributed by atoms with van der Waals surface area (Å²) in [4.78, 5) is 14.7. The Balaban J connectivity index is 1.38. The van der Waals surface area contributed by atoms with Crippen molar-refractivity contribution in [1.82, 2.24) is 0 Å². The Morgan fingerprint density at radius 1 is 1.02 bits per heavy atom. The smallest absolute Gasteiger partial charge is 0.229 e. The first-order valence-electron chi connectivity index (χ1n) is 16.7. The first kappa shape index (κ1) is 34.0. The lowest BCUT2D eigenvalue weighted by Crippen LogP contribution is -2.64. The van der Waals surface area contributed by atoms with Crippen molar-refractivity contribution in [2.24, 2.45) is 22.7 Å².